The molecule has 0 aliphatic carbocycles. The smallest absolute Gasteiger partial charge is 0.295 e. The van der Waals surface area contributed by atoms with Gasteiger partial charge in [0, 0.05) is 18.7 Å². The highest BCUT2D eigenvalue weighted by molar-refractivity contribution is 6.46. The van der Waals surface area contributed by atoms with Crippen LogP contribution in [-0.2, 0) is 9.59 Å². The Hall–Kier alpha value is -3.19. The predicted molar refractivity (Wildman–Crippen MR) is 109 cm³/mol. The zero-order valence-electron chi connectivity index (χ0n) is 16.7. The second kappa shape index (κ2) is 9.54. The van der Waals surface area contributed by atoms with E-state index in [1.54, 1.807) is 24.3 Å². The highest BCUT2D eigenvalue weighted by Crippen LogP contribution is 2.39. The minimum Gasteiger partial charge on any atom is -0.507 e. The van der Waals surface area contributed by atoms with Crippen molar-refractivity contribution in [1.29, 1.82) is 0 Å². The van der Waals surface area contributed by atoms with E-state index in [9.17, 15) is 19.1 Å². The average Bonchev–Trinajstić information content (AvgIpc) is 3.01. The van der Waals surface area contributed by atoms with Gasteiger partial charge in [0.1, 0.15) is 17.3 Å². The van der Waals surface area contributed by atoms with Gasteiger partial charge in [-0.3, -0.25) is 9.59 Å². The first kappa shape index (κ1) is 21.5. The first-order chi connectivity index (χ1) is 14.5. The van der Waals surface area contributed by atoms with E-state index in [2.05, 4.69) is 0 Å². The van der Waals surface area contributed by atoms with E-state index in [4.69, 9.17) is 9.84 Å². The number of hydrogen-bond donors (Lipinski definition) is 2. The third-order valence-electron chi connectivity index (χ3n) is 4.88. The molecular formula is C23H24FNO5. The van der Waals surface area contributed by atoms with Crippen LogP contribution in [0.3, 0.4) is 0 Å². The second-order valence-corrected chi connectivity index (χ2v) is 6.99. The lowest BCUT2D eigenvalue weighted by molar-refractivity contribution is -0.140. The van der Waals surface area contributed by atoms with Crippen molar-refractivity contribution in [2.45, 2.75) is 25.8 Å². The lowest BCUT2D eigenvalue weighted by Gasteiger charge is -2.25. The molecule has 6 nitrogen and oxygen atoms in total. The van der Waals surface area contributed by atoms with Crippen molar-refractivity contribution in [3.8, 4) is 5.75 Å². The van der Waals surface area contributed by atoms with Gasteiger partial charge < -0.3 is 19.8 Å². The van der Waals surface area contributed by atoms with Crippen LogP contribution in [0.1, 0.15) is 36.9 Å². The Morgan fingerprint density at radius 2 is 1.77 bits per heavy atom. The van der Waals surface area contributed by atoms with Gasteiger partial charge in [-0.15, -0.1) is 0 Å². The maximum atomic E-state index is 13.4. The number of nitrogens with zero attached hydrogens (tertiary/aromatic N) is 1. The van der Waals surface area contributed by atoms with E-state index in [-0.39, 0.29) is 30.9 Å². The van der Waals surface area contributed by atoms with Gasteiger partial charge in [-0.25, -0.2) is 4.39 Å². The quantitative estimate of drug-likeness (QED) is 0.393. The van der Waals surface area contributed by atoms with Crippen molar-refractivity contribution >= 4 is 17.4 Å². The first-order valence-electron chi connectivity index (χ1n) is 9.86. The number of rotatable bonds is 8. The molecule has 2 aromatic rings. The van der Waals surface area contributed by atoms with Gasteiger partial charge in [-0.2, -0.15) is 0 Å². The van der Waals surface area contributed by atoms with Gasteiger partial charge in [0.2, 0.25) is 0 Å². The molecule has 1 amide bonds. The topological polar surface area (TPSA) is 87.1 Å². The number of aliphatic hydroxyl groups excluding tert-OH is 2. The van der Waals surface area contributed by atoms with Gasteiger partial charge >= 0.3 is 0 Å². The zero-order chi connectivity index (χ0) is 21.7. The van der Waals surface area contributed by atoms with Crippen molar-refractivity contribution in [1.82, 2.24) is 4.90 Å². The number of halogens is 1. The lowest BCUT2D eigenvalue weighted by Crippen LogP contribution is -2.31. The van der Waals surface area contributed by atoms with Crippen molar-refractivity contribution in [3.05, 3.63) is 71.0 Å². The summed E-state index contributed by atoms with van der Waals surface area (Å²) in [7, 11) is 0. The fraction of sp³-hybridized carbons (Fsp3) is 0.304. The molecular weight excluding hydrogens is 389 g/mol. The van der Waals surface area contributed by atoms with E-state index < -0.39 is 23.5 Å². The number of hydrogen-bond acceptors (Lipinski definition) is 5. The Labute approximate surface area is 174 Å². The largest absolute Gasteiger partial charge is 0.507 e. The van der Waals surface area contributed by atoms with Gasteiger partial charge in [0.15, 0.2) is 0 Å². The number of likely N-dealkylation sites (tertiary alicyclic amines) is 1. The molecule has 158 valence electrons. The lowest BCUT2D eigenvalue weighted by atomic mass is 9.95. The molecule has 0 aromatic heterocycles. The number of Topliss-reactive ketones (excluding diaryl/α,β-unsaturated/α-hetero) is 1. The fourth-order valence-corrected chi connectivity index (χ4v) is 3.43. The molecule has 7 heteroatoms. The summed E-state index contributed by atoms with van der Waals surface area (Å²) >= 11 is 0. The molecule has 30 heavy (non-hydrogen) atoms. The Morgan fingerprint density at radius 1 is 1.10 bits per heavy atom. The summed E-state index contributed by atoms with van der Waals surface area (Å²) in [6.45, 7) is 2.53. The number of carbonyl (C=O) groups excluding carboxylic acids is 2. The van der Waals surface area contributed by atoms with Crippen molar-refractivity contribution in [2.75, 3.05) is 19.8 Å². The van der Waals surface area contributed by atoms with Crippen LogP contribution < -0.4 is 4.74 Å². The number of benzene rings is 2. The summed E-state index contributed by atoms with van der Waals surface area (Å²) in [6.07, 6.45) is 1.13. The highest BCUT2D eigenvalue weighted by Gasteiger charge is 2.45. The molecule has 1 aliphatic heterocycles. The number of carbonyl (C=O) groups is 2. The van der Waals surface area contributed by atoms with Crippen LogP contribution in [0.4, 0.5) is 4.39 Å². The minimum atomic E-state index is -0.867. The Balaban J connectivity index is 2.04. The maximum Gasteiger partial charge on any atom is 0.295 e. The van der Waals surface area contributed by atoms with Crippen molar-refractivity contribution in [3.63, 3.8) is 0 Å². The number of ether oxygens (including phenoxy) is 1. The van der Waals surface area contributed by atoms with E-state index in [0.717, 1.165) is 6.42 Å². The number of aliphatic hydroxyl groups is 2. The molecule has 0 unspecified atom stereocenters. The van der Waals surface area contributed by atoms with Crippen LogP contribution in [0.2, 0.25) is 0 Å². The second-order valence-electron chi connectivity index (χ2n) is 6.99. The normalized spacial score (nSPS) is 18.1. The van der Waals surface area contributed by atoms with Crippen LogP contribution in [-0.4, -0.2) is 46.6 Å². The summed E-state index contributed by atoms with van der Waals surface area (Å²) in [5, 5.41) is 20.1. The SMILES string of the molecule is CCCOc1ccc(C(O)=C2C(=O)C(=O)N(CCCO)[C@@H]2c2ccc(F)cc2)cc1. The molecule has 2 aromatic carbocycles. The Kier molecular flexibility index (Phi) is 6.84. The molecule has 0 spiro atoms. The molecule has 1 heterocycles. The molecule has 0 bridgehead atoms. The van der Waals surface area contributed by atoms with Gasteiger partial charge in [0.05, 0.1) is 18.2 Å². The maximum absolute atomic E-state index is 13.4. The third kappa shape index (κ3) is 4.36. The molecule has 3 rings (SSSR count). The number of ketones is 1. The van der Waals surface area contributed by atoms with E-state index in [1.165, 1.54) is 29.2 Å². The van der Waals surface area contributed by atoms with Gasteiger partial charge in [-0.05, 0) is 54.8 Å². The molecule has 0 saturated carbocycles. The summed E-state index contributed by atoms with van der Waals surface area (Å²) in [5.41, 5.74) is 0.802. The van der Waals surface area contributed by atoms with E-state index >= 15 is 0 Å². The first-order valence-corrected chi connectivity index (χ1v) is 9.86. The third-order valence-corrected chi connectivity index (χ3v) is 4.88. The molecule has 1 fully saturated rings. The molecule has 1 saturated heterocycles. The van der Waals surface area contributed by atoms with Crippen LogP contribution in [0, 0.1) is 5.82 Å². The van der Waals surface area contributed by atoms with E-state index in [1.807, 2.05) is 6.92 Å². The van der Waals surface area contributed by atoms with Crippen LogP contribution in [0.5, 0.6) is 5.75 Å². The average molecular weight is 413 g/mol. The van der Waals surface area contributed by atoms with Crippen LogP contribution in [0.15, 0.2) is 54.1 Å². The zero-order valence-corrected chi connectivity index (χ0v) is 16.7. The molecule has 1 atom stereocenters. The monoisotopic (exact) mass is 413 g/mol. The highest BCUT2D eigenvalue weighted by atomic mass is 19.1. The number of amides is 1. The predicted octanol–water partition coefficient (Wildman–Crippen LogP) is 3.42. The van der Waals surface area contributed by atoms with Crippen LogP contribution >= 0.6 is 0 Å². The van der Waals surface area contributed by atoms with Gasteiger partial charge in [-0.1, -0.05) is 19.1 Å². The molecule has 2 N–H and O–H groups in total. The molecule has 1 aliphatic rings. The van der Waals surface area contributed by atoms with Crippen LogP contribution in [0.25, 0.3) is 5.76 Å². The Morgan fingerprint density at radius 3 is 2.37 bits per heavy atom. The minimum absolute atomic E-state index is 0.0632. The standard InChI is InChI=1S/C23H24FNO5/c1-2-14-30-18-10-6-16(7-11-18)21(27)19-20(15-4-8-17(24)9-5-15)25(12-3-13-26)23(29)22(19)28/h4-11,20,26-27H,2-3,12-14H2,1H3/t20-/m1/s1. The summed E-state index contributed by atoms with van der Waals surface area (Å²) in [6, 6.07) is 11.2. The van der Waals surface area contributed by atoms with Gasteiger partial charge in [0.25, 0.3) is 11.7 Å². The summed E-state index contributed by atoms with van der Waals surface area (Å²) in [5.74, 6) is -1.70. The van der Waals surface area contributed by atoms with Crippen molar-refractivity contribution in [2.24, 2.45) is 0 Å². The van der Waals surface area contributed by atoms with E-state index in [0.29, 0.717) is 23.5 Å². The summed E-state index contributed by atoms with van der Waals surface area (Å²) in [4.78, 5) is 26.7. The summed E-state index contributed by atoms with van der Waals surface area (Å²) < 4.78 is 19.0. The molecule has 0 radical (unpaired) electrons. The fourth-order valence-electron chi connectivity index (χ4n) is 3.43. The van der Waals surface area contributed by atoms with Crippen molar-refractivity contribution < 1.29 is 28.9 Å². The Bertz CT molecular complexity index is 937.